The molecule has 174 valence electrons. The van der Waals surface area contributed by atoms with Gasteiger partial charge in [0.15, 0.2) is 0 Å². The third kappa shape index (κ3) is 6.01. The summed E-state index contributed by atoms with van der Waals surface area (Å²) in [6.45, 7) is 0. The molecule has 0 saturated heterocycles. The maximum absolute atomic E-state index is 13.1. The molecular formula is C26H24N2O6. The lowest BCUT2D eigenvalue weighted by Gasteiger charge is -2.13. The van der Waals surface area contributed by atoms with Gasteiger partial charge >= 0.3 is 5.97 Å². The Kier molecular flexibility index (Phi) is 8.02. The lowest BCUT2D eigenvalue weighted by atomic mass is 10.1. The Morgan fingerprint density at radius 3 is 2.21 bits per heavy atom. The van der Waals surface area contributed by atoms with E-state index < -0.39 is 17.8 Å². The van der Waals surface area contributed by atoms with Crippen molar-refractivity contribution in [1.29, 1.82) is 0 Å². The quantitative estimate of drug-likeness (QED) is 0.390. The molecule has 3 rings (SSSR count). The lowest BCUT2D eigenvalue weighted by Crippen LogP contribution is -2.30. The predicted molar refractivity (Wildman–Crippen MR) is 128 cm³/mol. The van der Waals surface area contributed by atoms with Crippen LogP contribution in [0.25, 0.3) is 6.08 Å². The number of rotatable bonds is 8. The lowest BCUT2D eigenvalue weighted by molar-refractivity contribution is -0.113. The number of methoxy groups -OCH3 is 3. The molecule has 0 aromatic heterocycles. The molecule has 8 nitrogen and oxygen atoms in total. The van der Waals surface area contributed by atoms with Gasteiger partial charge in [-0.15, -0.1) is 0 Å². The Bertz CT molecular complexity index is 1220. The molecule has 2 amide bonds. The highest BCUT2D eigenvalue weighted by atomic mass is 16.5. The van der Waals surface area contributed by atoms with Crippen LogP contribution in [0.2, 0.25) is 0 Å². The topological polar surface area (TPSA) is 103 Å². The average Bonchev–Trinajstić information content (AvgIpc) is 2.88. The highest BCUT2D eigenvalue weighted by Gasteiger charge is 2.17. The van der Waals surface area contributed by atoms with Crippen molar-refractivity contribution in [3.8, 4) is 11.5 Å². The second-order valence-electron chi connectivity index (χ2n) is 7.01. The maximum Gasteiger partial charge on any atom is 0.337 e. The number of carbonyl (C=O) groups is 3. The second kappa shape index (κ2) is 11.3. The smallest absolute Gasteiger partial charge is 0.337 e. The molecule has 0 saturated carbocycles. The number of benzene rings is 3. The summed E-state index contributed by atoms with van der Waals surface area (Å²) in [6, 6.07) is 19.9. The number of esters is 1. The van der Waals surface area contributed by atoms with Gasteiger partial charge in [-0.3, -0.25) is 9.59 Å². The van der Waals surface area contributed by atoms with E-state index in [0.717, 1.165) is 0 Å². The molecule has 34 heavy (non-hydrogen) atoms. The average molecular weight is 460 g/mol. The minimum absolute atomic E-state index is 0.00522. The van der Waals surface area contributed by atoms with E-state index in [9.17, 15) is 14.4 Å². The summed E-state index contributed by atoms with van der Waals surface area (Å²) in [7, 11) is 4.31. The molecule has 0 aliphatic carbocycles. The molecule has 0 fully saturated rings. The number of hydrogen-bond donors (Lipinski definition) is 2. The van der Waals surface area contributed by atoms with E-state index in [1.54, 1.807) is 60.7 Å². The number of amides is 2. The molecule has 0 unspecified atom stereocenters. The zero-order valence-corrected chi connectivity index (χ0v) is 19.0. The predicted octanol–water partition coefficient (Wildman–Crippen LogP) is 3.90. The van der Waals surface area contributed by atoms with Crippen LogP contribution in [0.4, 0.5) is 5.69 Å². The van der Waals surface area contributed by atoms with Crippen LogP contribution in [0.15, 0.2) is 78.5 Å². The second-order valence-corrected chi connectivity index (χ2v) is 7.01. The first-order valence-corrected chi connectivity index (χ1v) is 10.2. The van der Waals surface area contributed by atoms with Gasteiger partial charge in [-0.1, -0.05) is 24.3 Å². The van der Waals surface area contributed by atoms with E-state index in [1.165, 1.54) is 39.5 Å². The number of carbonyl (C=O) groups excluding carboxylic acids is 3. The normalized spacial score (nSPS) is 10.7. The SMILES string of the molecule is COC(=O)c1ccc(NC(=O)/C(=C/c2ccccc2OC)NC(=O)c2cccc(OC)c2)cc1. The van der Waals surface area contributed by atoms with Gasteiger partial charge in [-0.25, -0.2) is 4.79 Å². The summed E-state index contributed by atoms with van der Waals surface area (Å²) in [5.74, 6) is -0.492. The van der Waals surface area contributed by atoms with Gasteiger partial charge in [0, 0.05) is 16.8 Å². The molecule has 0 spiro atoms. The Labute approximate surface area is 197 Å². The molecule has 8 heteroatoms. The van der Waals surface area contributed by atoms with Crippen LogP contribution in [-0.2, 0) is 9.53 Å². The fourth-order valence-corrected chi connectivity index (χ4v) is 3.06. The number of para-hydroxylation sites is 1. The molecular weight excluding hydrogens is 436 g/mol. The molecule has 3 aromatic carbocycles. The van der Waals surface area contributed by atoms with Gasteiger partial charge in [-0.2, -0.15) is 0 Å². The highest BCUT2D eigenvalue weighted by Crippen LogP contribution is 2.21. The fourth-order valence-electron chi connectivity index (χ4n) is 3.06. The van der Waals surface area contributed by atoms with Crippen LogP contribution >= 0.6 is 0 Å². The number of hydrogen-bond acceptors (Lipinski definition) is 6. The summed E-state index contributed by atoms with van der Waals surface area (Å²) in [5.41, 5.74) is 1.69. The summed E-state index contributed by atoms with van der Waals surface area (Å²) in [4.78, 5) is 37.7. The Balaban J connectivity index is 1.90. The molecule has 0 aliphatic rings. The minimum Gasteiger partial charge on any atom is -0.497 e. The first-order valence-electron chi connectivity index (χ1n) is 10.2. The van der Waals surface area contributed by atoms with Gasteiger partial charge in [0.25, 0.3) is 11.8 Å². The minimum atomic E-state index is -0.562. The first kappa shape index (κ1) is 24.1. The van der Waals surface area contributed by atoms with E-state index in [2.05, 4.69) is 15.4 Å². The van der Waals surface area contributed by atoms with Gasteiger partial charge in [0.1, 0.15) is 17.2 Å². The first-order chi connectivity index (χ1) is 16.4. The van der Waals surface area contributed by atoms with Crippen molar-refractivity contribution < 1.29 is 28.6 Å². The summed E-state index contributed by atoms with van der Waals surface area (Å²) in [5, 5.41) is 5.39. The van der Waals surface area contributed by atoms with Crippen molar-refractivity contribution >= 4 is 29.5 Å². The molecule has 0 aliphatic heterocycles. The van der Waals surface area contributed by atoms with Gasteiger partial charge in [-0.05, 0) is 54.6 Å². The van der Waals surface area contributed by atoms with Crippen molar-refractivity contribution in [3.05, 3.63) is 95.2 Å². The van der Waals surface area contributed by atoms with Crippen LogP contribution in [0.1, 0.15) is 26.3 Å². The zero-order valence-electron chi connectivity index (χ0n) is 19.0. The van der Waals surface area contributed by atoms with Crippen LogP contribution in [0.3, 0.4) is 0 Å². The largest absolute Gasteiger partial charge is 0.497 e. The summed E-state index contributed by atoms with van der Waals surface area (Å²) in [6.07, 6.45) is 1.52. The number of nitrogens with one attached hydrogen (secondary N) is 2. The van der Waals surface area contributed by atoms with Crippen LogP contribution in [0, 0.1) is 0 Å². The molecule has 0 heterocycles. The van der Waals surface area contributed by atoms with E-state index in [0.29, 0.717) is 33.9 Å². The Morgan fingerprint density at radius 2 is 1.53 bits per heavy atom. The third-order valence-electron chi connectivity index (χ3n) is 4.83. The number of ether oxygens (including phenoxy) is 3. The number of anilines is 1. The molecule has 0 bridgehead atoms. The van der Waals surface area contributed by atoms with E-state index in [4.69, 9.17) is 9.47 Å². The van der Waals surface area contributed by atoms with Gasteiger partial charge in [0.2, 0.25) is 0 Å². The van der Waals surface area contributed by atoms with Crippen LogP contribution < -0.4 is 20.1 Å². The highest BCUT2D eigenvalue weighted by molar-refractivity contribution is 6.11. The fraction of sp³-hybridized carbons (Fsp3) is 0.115. The standard InChI is InChI=1S/C26H24N2O6/c1-32-21-9-6-8-19(15-21)24(29)28-22(16-18-7-4-5-10-23(18)33-2)25(30)27-20-13-11-17(12-14-20)26(31)34-3/h4-16H,1-3H3,(H,27,30)(H,28,29)/b22-16-. The van der Waals surface area contributed by atoms with Crippen LogP contribution in [-0.4, -0.2) is 39.1 Å². The van der Waals surface area contributed by atoms with E-state index in [-0.39, 0.29) is 5.70 Å². The van der Waals surface area contributed by atoms with Crippen molar-refractivity contribution in [1.82, 2.24) is 5.32 Å². The van der Waals surface area contributed by atoms with Crippen molar-refractivity contribution in [3.63, 3.8) is 0 Å². The molecule has 2 N–H and O–H groups in total. The van der Waals surface area contributed by atoms with Crippen molar-refractivity contribution in [2.75, 3.05) is 26.6 Å². The summed E-state index contributed by atoms with van der Waals surface area (Å²) >= 11 is 0. The molecule has 0 atom stereocenters. The zero-order chi connectivity index (χ0) is 24.5. The van der Waals surface area contributed by atoms with Gasteiger partial charge < -0.3 is 24.8 Å². The molecule has 0 radical (unpaired) electrons. The van der Waals surface area contributed by atoms with Crippen molar-refractivity contribution in [2.45, 2.75) is 0 Å². The van der Waals surface area contributed by atoms with E-state index >= 15 is 0 Å². The van der Waals surface area contributed by atoms with Crippen molar-refractivity contribution in [2.24, 2.45) is 0 Å². The molecule has 3 aromatic rings. The van der Waals surface area contributed by atoms with E-state index in [1.807, 2.05) is 0 Å². The maximum atomic E-state index is 13.1. The third-order valence-corrected chi connectivity index (χ3v) is 4.83. The monoisotopic (exact) mass is 460 g/mol. The van der Waals surface area contributed by atoms with Crippen LogP contribution in [0.5, 0.6) is 11.5 Å². The Morgan fingerprint density at radius 1 is 0.794 bits per heavy atom. The summed E-state index contributed by atoms with van der Waals surface area (Å²) < 4.78 is 15.2. The Hall–Kier alpha value is -4.59. The van der Waals surface area contributed by atoms with Gasteiger partial charge in [0.05, 0.1) is 26.9 Å².